The van der Waals surface area contributed by atoms with Crippen molar-refractivity contribution in [3.63, 3.8) is 0 Å². The van der Waals surface area contributed by atoms with Crippen molar-refractivity contribution < 1.29 is 0 Å². The molecular weight excluding hydrogens is 450 g/mol. The number of hydrogen-bond acceptors (Lipinski definition) is 5. The van der Waals surface area contributed by atoms with Gasteiger partial charge in [-0.3, -0.25) is 9.69 Å². The number of nitrogens with zero attached hydrogens (tertiary/aromatic N) is 4. The van der Waals surface area contributed by atoms with E-state index in [0.717, 1.165) is 41.8 Å². The molecule has 1 N–H and O–H groups in total. The van der Waals surface area contributed by atoms with E-state index >= 15 is 0 Å². The molecule has 7 rings (SSSR count). The minimum Gasteiger partial charge on any atom is -0.304 e. The molecule has 188 valence electrons. The highest BCUT2D eigenvalue weighted by Gasteiger charge is 2.45. The van der Waals surface area contributed by atoms with Crippen LogP contribution >= 0.6 is 0 Å². The van der Waals surface area contributed by atoms with Crippen LogP contribution in [0.4, 0.5) is 0 Å². The number of piperidine rings is 2. The van der Waals surface area contributed by atoms with E-state index in [-0.39, 0.29) is 11.6 Å². The van der Waals surface area contributed by atoms with Crippen molar-refractivity contribution in [3.8, 4) is 11.4 Å². The van der Waals surface area contributed by atoms with Crippen molar-refractivity contribution in [2.75, 3.05) is 0 Å². The zero-order valence-electron chi connectivity index (χ0n) is 20.8. The monoisotopic (exact) mass is 485 g/mol. The van der Waals surface area contributed by atoms with Crippen LogP contribution in [0, 0.1) is 11.8 Å². The summed E-state index contributed by atoms with van der Waals surface area (Å²) in [5.74, 6) is 1.86. The predicted octanol–water partition coefficient (Wildman–Crippen LogP) is 4.67. The molecule has 2 saturated carbocycles. The Hall–Kier alpha value is -2.80. The molecule has 4 heterocycles. The lowest BCUT2D eigenvalue weighted by Crippen LogP contribution is -2.58. The Morgan fingerprint density at radius 2 is 1.50 bits per heavy atom. The normalized spacial score (nSPS) is 32.4. The molecule has 0 spiro atoms. The molecule has 4 bridgehead atoms. The molecule has 4 aliphatic rings. The van der Waals surface area contributed by atoms with E-state index < -0.39 is 5.69 Å². The molecule has 2 saturated heterocycles. The maximum Gasteiger partial charge on any atom is 0.345 e. The summed E-state index contributed by atoms with van der Waals surface area (Å²) in [5, 5.41) is 0. The van der Waals surface area contributed by atoms with E-state index in [9.17, 15) is 9.59 Å². The summed E-state index contributed by atoms with van der Waals surface area (Å²) in [5.41, 5.74) is 1.85. The predicted molar refractivity (Wildman–Crippen MR) is 140 cm³/mol. The molecule has 2 aliphatic carbocycles. The third-order valence-corrected chi connectivity index (χ3v) is 9.62. The third-order valence-electron chi connectivity index (χ3n) is 9.62. The quantitative estimate of drug-likeness (QED) is 0.583. The van der Waals surface area contributed by atoms with Crippen molar-refractivity contribution >= 4 is 11.0 Å². The summed E-state index contributed by atoms with van der Waals surface area (Å²) >= 11 is 0. The second kappa shape index (κ2) is 8.94. The fraction of sp³-hybridized carbons (Fsp3) is 0.586. The van der Waals surface area contributed by atoms with Crippen molar-refractivity contribution in [2.45, 2.75) is 94.8 Å². The van der Waals surface area contributed by atoms with Crippen LogP contribution in [0.1, 0.15) is 76.7 Å². The molecule has 7 nitrogen and oxygen atoms in total. The molecular formula is C29H35N5O2. The molecule has 4 atom stereocenters. The average molecular weight is 486 g/mol. The van der Waals surface area contributed by atoms with E-state index in [4.69, 9.17) is 4.98 Å². The fourth-order valence-electron chi connectivity index (χ4n) is 8.33. The lowest BCUT2D eigenvalue weighted by atomic mass is 9.68. The zero-order chi connectivity index (χ0) is 24.2. The van der Waals surface area contributed by atoms with Gasteiger partial charge in [-0.1, -0.05) is 37.8 Å². The van der Waals surface area contributed by atoms with Crippen LogP contribution < -0.4 is 11.2 Å². The molecule has 3 aromatic rings. The van der Waals surface area contributed by atoms with Gasteiger partial charge < -0.3 is 9.55 Å². The van der Waals surface area contributed by atoms with E-state index in [1.807, 2.05) is 28.8 Å². The number of aromatic nitrogens is 4. The molecule has 0 unspecified atom stereocenters. The summed E-state index contributed by atoms with van der Waals surface area (Å²) < 4.78 is 2.01. The number of hydrogen-bond donors (Lipinski definition) is 1. The molecule has 0 amide bonds. The number of para-hydroxylation sites is 2. The number of benzene rings is 1. The highest BCUT2D eigenvalue weighted by molar-refractivity contribution is 5.77. The Morgan fingerprint density at radius 1 is 0.778 bits per heavy atom. The highest BCUT2D eigenvalue weighted by Crippen LogP contribution is 2.47. The van der Waals surface area contributed by atoms with Crippen LogP contribution in [-0.4, -0.2) is 42.5 Å². The van der Waals surface area contributed by atoms with Gasteiger partial charge in [0.25, 0.3) is 5.56 Å². The SMILES string of the molecule is O=c1nccc(-c2nc3ccccc3n(C3C[C@@H]4CCC[C@@H](C3)N4C3C[C@H]4CCC[C@H](C3)C4)c2=O)[nH]1. The van der Waals surface area contributed by atoms with Gasteiger partial charge in [0, 0.05) is 30.4 Å². The average Bonchev–Trinajstić information content (AvgIpc) is 2.87. The number of H-pyrrole nitrogens is 1. The number of rotatable bonds is 3. The van der Waals surface area contributed by atoms with Gasteiger partial charge in [0.15, 0.2) is 5.69 Å². The Balaban J connectivity index is 1.27. The van der Waals surface area contributed by atoms with Gasteiger partial charge in [-0.2, -0.15) is 0 Å². The highest BCUT2D eigenvalue weighted by atomic mass is 16.1. The summed E-state index contributed by atoms with van der Waals surface area (Å²) in [6.45, 7) is 0. The fourth-order valence-corrected chi connectivity index (χ4v) is 8.33. The number of fused-ring (bicyclic) bond motifs is 5. The van der Waals surface area contributed by atoms with Gasteiger partial charge in [-0.25, -0.2) is 14.8 Å². The van der Waals surface area contributed by atoms with Gasteiger partial charge in [0.1, 0.15) is 0 Å². The van der Waals surface area contributed by atoms with Gasteiger partial charge in [0.2, 0.25) is 0 Å². The summed E-state index contributed by atoms with van der Waals surface area (Å²) in [6, 6.07) is 11.6. The number of aromatic amines is 1. The lowest BCUT2D eigenvalue weighted by molar-refractivity contribution is -0.0485. The van der Waals surface area contributed by atoms with Gasteiger partial charge >= 0.3 is 5.69 Å². The van der Waals surface area contributed by atoms with Crippen LogP contribution in [0.3, 0.4) is 0 Å². The van der Waals surface area contributed by atoms with Crippen molar-refractivity contribution in [1.29, 1.82) is 0 Å². The first-order chi connectivity index (χ1) is 17.6. The first-order valence-electron chi connectivity index (χ1n) is 14.0. The van der Waals surface area contributed by atoms with Crippen LogP contribution in [-0.2, 0) is 0 Å². The molecule has 1 aromatic carbocycles. The second-order valence-electron chi connectivity index (χ2n) is 11.7. The minimum absolute atomic E-state index is 0.112. The first-order valence-corrected chi connectivity index (χ1v) is 14.0. The first kappa shape index (κ1) is 22.4. The van der Waals surface area contributed by atoms with Gasteiger partial charge in [-0.05, 0) is 75.0 Å². The molecule has 4 fully saturated rings. The van der Waals surface area contributed by atoms with Crippen LogP contribution in [0.2, 0.25) is 0 Å². The van der Waals surface area contributed by atoms with Crippen LogP contribution in [0.25, 0.3) is 22.4 Å². The Morgan fingerprint density at radius 3 is 2.25 bits per heavy atom. The van der Waals surface area contributed by atoms with Crippen LogP contribution in [0.5, 0.6) is 0 Å². The summed E-state index contributed by atoms with van der Waals surface area (Å²) in [4.78, 5) is 40.0. The third kappa shape index (κ3) is 3.83. The van der Waals surface area contributed by atoms with Gasteiger partial charge in [-0.15, -0.1) is 0 Å². The van der Waals surface area contributed by atoms with Crippen molar-refractivity contribution in [3.05, 3.63) is 57.4 Å². The standard InChI is InChI=1S/C29H35N5O2/c35-28-27(25-11-12-30-29(36)32-25)31-24-9-1-2-10-26(24)34(28)23-16-20-7-4-8-21(17-23)33(20)22-14-18-5-3-6-19(13-18)15-22/h1-2,9-12,18-23H,3-8,13-17H2,(H,30,32,36)/t18-,19-,20-,21-/m0/s1. The molecule has 36 heavy (non-hydrogen) atoms. The zero-order valence-corrected chi connectivity index (χ0v) is 20.8. The molecule has 7 heteroatoms. The second-order valence-corrected chi connectivity index (χ2v) is 11.7. The van der Waals surface area contributed by atoms with E-state index in [1.54, 1.807) is 6.07 Å². The smallest absolute Gasteiger partial charge is 0.304 e. The number of nitrogens with one attached hydrogen (secondary N) is 1. The largest absolute Gasteiger partial charge is 0.345 e. The summed E-state index contributed by atoms with van der Waals surface area (Å²) in [7, 11) is 0. The molecule has 0 radical (unpaired) electrons. The topological polar surface area (TPSA) is 83.9 Å². The van der Waals surface area contributed by atoms with Crippen molar-refractivity contribution in [2.24, 2.45) is 11.8 Å². The Kier molecular flexibility index (Phi) is 5.57. The van der Waals surface area contributed by atoms with E-state index in [2.05, 4.69) is 14.9 Å². The lowest BCUT2D eigenvalue weighted by Gasteiger charge is -2.55. The maximum absolute atomic E-state index is 14.0. The molecule has 2 aromatic heterocycles. The van der Waals surface area contributed by atoms with E-state index in [0.29, 0.717) is 23.5 Å². The Bertz CT molecular complexity index is 1370. The molecule has 2 aliphatic heterocycles. The Labute approximate surface area is 211 Å². The van der Waals surface area contributed by atoms with Crippen molar-refractivity contribution in [1.82, 2.24) is 24.4 Å². The van der Waals surface area contributed by atoms with E-state index in [1.165, 1.54) is 64.0 Å². The van der Waals surface area contributed by atoms with Crippen LogP contribution in [0.15, 0.2) is 46.1 Å². The maximum atomic E-state index is 14.0. The summed E-state index contributed by atoms with van der Waals surface area (Å²) in [6.07, 6.45) is 15.8. The van der Waals surface area contributed by atoms with Gasteiger partial charge in [0.05, 0.1) is 16.7 Å². The minimum atomic E-state index is -0.464.